The van der Waals surface area contributed by atoms with Crippen molar-refractivity contribution in [1.82, 2.24) is 47.1 Å². The van der Waals surface area contributed by atoms with Crippen LogP contribution in [0.15, 0.2) is 47.2 Å². The largest absolute Gasteiger partial charge is 0.477 e. The van der Waals surface area contributed by atoms with Gasteiger partial charge in [0.2, 0.25) is 47.3 Å². The van der Waals surface area contributed by atoms with E-state index >= 15 is 0 Å². The Morgan fingerprint density at radius 3 is 2.04 bits per heavy atom. The Morgan fingerprint density at radius 1 is 0.731 bits per heavy atom. The number of para-hydroxylation sites is 1. The normalized spacial score (nSPS) is 16.1. The number of amides is 8. The number of aromatic amines is 1. The van der Waals surface area contributed by atoms with Gasteiger partial charge in [-0.15, -0.1) is 0 Å². The van der Waals surface area contributed by atoms with Crippen molar-refractivity contribution in [2.24, 2.45) is 50.9 Å². The highest BCUT2D eigenvalue weighted by Crippen LogP contribution is 2.22. The molecule has 0 spiro atoms. The third-order valence-corrected chi connectivity index (χ3v) is 12.8. The quantitative estimate of drug-likeness (QED) is 0.0131. The molecule has 1 unspecified atom stereocenters. The number of hydrogen-bond donors (Lipinski definition) is 18. The number of carbonyl (C=O) groups is 9. The number of benzene rings is 1. The Labute approximate surface area is 452 Å². The van der Waals surface area contributed by atoms with Crippen molar-refractivity contribution < 1.29 is 53.4 Å². The second kappa shape index (κ2) is 34.5. The SMILES string of the molecule is NCCCC[C@H](NC(=O)[C@H](Cc1c[nH]c2ccccc12)NC(=O)[C@@H]1CCCN1C(=O)[C@@H](CCCN)NC(=O)CNC(=O)[C@H](CCN)NC(=O)C(NC(=O)[C@@H](N)CCCCN)[C@@H](O)CN)C(=O)N/C(=C\CCN=C(N)N)C(=O)O. The number of carboxylic acid groups (broad SMARTS) is 1. The van der Waals surface area contributed by atoms with E-state index in [4.69, 9.17) is 45.9 Å². The van der Waals surface area contributed by atoms with Crippen molar-refractivity contribution in [1.29, 1.82) is 0 Å². The molecule has 1 aliphatic heterocycles. The number of likely N-dealkylation sites (tertiary alicyclic amines) is 1. The molecule has 1 aromatic carbocycles. The van der Waals surface area contributed by atoms with E-state index in [1.54, 1.807) is 12.3 Å². The van der Waals surface area contributed by atoms with Crippen molar-refractivity contribution in [3.05, 3.63) is 47.8 Å². The average Bonchev–Trinajstić information content (AvgIpc) is 4.10. The van der Waals surface area contributed by atoms with Crippen LogP contribution in [0.2, 0.25) is 0 Å². The molecule has 0 bridgehead atoms. The summed E-state index contributed by atoms with van der Waals surface area (Å²) >= 11 is 0. The molecule has 0 radical (unpaired) electrons. The number of aliphatic hydroxyl groups is 1. The van der Waals surface area contributed by atoms with E-state index in [9.17, 15) is 53.4 Å². The minimum absolute atomic E-state index is 0.0349. The molecule has 434 valence electrons. The maximum atomic E-state index is 14.4. The van der Waals surface area contributed by atoms with Gasteiger partial charge in [-0.05, 0) is 108 Å². The van der Waals surface area contributed by atoms with Gasteiger partial charge >= 0.3 is 5.97 Å². The topological polar surface area (TPSA) is 518 Å². The number of fused-ring (bicyclic) bond motifs is 1. The third-order valence-electron chi connectivity index (χ3n) is 12.8. The predicted octanol–water partition coefficient (Wildman–Crippen LogP) is -6.02. The molecule has 29 heteroatoms. The first-order valence-corrected chi connectivity index (χ1v) is 26.2. The average molecular weight is 1100 g/mol. The first-order valence-electron chi connectivity index (χ1n) is 26.2. The zero-order chi connectivity index (χ0) is 57.7. The van der Waals surface area contributed by atoms with Crippen molar-refractivity contribution in [3.63, 3.8) is 0 Å². The molecule has 78 heavy (non-hydrogen) atoms. The summed E-state index contributed by atoms with van der Waals surface area (Å²) in [7, 11) is 0. The summed E-state index contributed by atoms with van der Waals surface area (Å²) < 4.78 is 0. The van der Waals surface area contributed by atoms with Crippen LogP contribution in [0.25, 0.3) is 10.9 Å². The number of hydrogen-bond acceptors (Lipinski definition) is 17. The monoisotopic (exact) mass is 1100 g/mol. The number of carbonyl (C=O) groups excluding carboxylic acids is 8. The van der Waals surface area contributed by atoms with Gasteiger partial charge < -0.3 is 103 Å². The summed E-state index contributed by atoms with van der Waals surface area (Å²) in [4.78, 5) is 130. The van der Waals surface area contributed by atoms with E-state index in [0.717, 1.165) is 10.9 Å². The van der Waals surface area contributed by atoms with Gasteiger partial charge in [0.05, 0.1) is 18.7 Å². The van der Waals surface area contributed by atoms with Gasteiger partial charge in [-0.1, -0.05) is 30.7 Å². The molecule has 2 heterocycles. The molecule has 2 aromatic rings. The fraction of sp³-hybridized carbons (Fsp3) is 0.592. The molecule has 1 fully saturated rings. The molecule has 1 aromatic heterocycles. The van der Waals surface area contributed by atoms with E-state index in [0.29, 0.717) is 44.2 Å². The molecule has 0 saturated carbocycles. The highest BCUT2D eigenvalue weighted by atomic mass is 16.4. The van der Waals surface area contributed by atoms with Crippen LogP contribution in [-0.2, 0) is 49.6 Å². The minimum Gasteiger partial charge on any atom is -0.477 e. The van der Waals surface area contributed by atoms with E-state index in [1.807, 2.05) is 18.2 Å². The van der Waals surface area contributed by atoms with Crippen molar-refractivity contribution in [2.45, 2.75) is 132 Å². The number of aliphatic imine (C=N–C) groups is 1. The smallest absolute Gasteiger partial charge is 0.352 e. The summed E-state index contributed by atoms with van der Waals surface area (Å²) in [6.07, 6.45) is 4.30. The number of rotatable bonds is 36. The Morgan fingerprint density at radius 2 is 1.38 bits per heavy atom. The van der Waals surface area contributed by atoms with E-state index in [2.05, 4.69) is 47.2 Å². The molecule has 0 aliphatic carbocycles. The molecule has 1 aliphatic rings. The maximum absolute atomic E-state index is 14.4. The van der Waals surface area contributed by atoms with Gasteiger partial charge in [0.25, 0.3) is 0 Å². The first kappa shape index (κ1) is 65.0. The third kappa shape index (κ3) is 21.3. The van der Waals surface area contributed by atoms with Crippen LogP contribution in [0.5, 0.6) is 0 Å². The van der Waals surface area contributed by atoms with Crippen LogP contribution < -0.4 is 83.1 Å². The number of aliphatic hydroxyl groups excluding tert-OH is 1. The molecular weight excluding hydrogens is 1020 g/mol. The van der Waals surface area contributed by atoms with E-state index in [1.165, 1.54) is 11.0 Å². The zero-order valence-electron chi connectivity index (χ0n) is 44.0. The number of carboxylic acids is 1. The Kier molecular flexibility index (Phi) is 28.7. The molecule has 8 atom stereocenters. The van der Waals surface area contributed by atoms with Crippen LogP contribution in [-0.4, -0.2) is 180 Å². The number of guanidine groups is 1. The van der Waals surface area contributed by atoms with Gasteiger partial charge in [0.1, 0.15) is 41.9 Å². The number of H-pyrrole nitrogens is 1. The lowest BCUT2D eigenvalue weighted by molar-refractivity contribution is -0.142. The summed E-state index contributed by atoms with van der Waals surface area (Å²) in [5.74, 6) is -8.04. The minimum atomic E-state index is -1.60. The van der Waals surface area contributed by atoms with Crippen LogP contribution in [0, 0.1) is 0 Å². The van der Waals surface area contributed by atoms with Gasteiger partial charge in [-0.25, -0.2) is 4.79 Å². The number of aromatic nitrogens is 1. The summed E-state index contributed by atoms with van der Waals surface area (Å²) in [5, 5.41) is 38.9. The zero-order valence-corrected chi connectivity index (χ0v) is 44.0. The van der Waals surface area contributed by atoms with E-state index in [-0.39, 0.29) is 90.0 Å². The van der Waals surface area contributed by atoms with Crippen LogP contribution >= 0.6 is 0 Å². The standard InChI is InChI=1S/C49H82N18O11/c50-18-5-3-11-30(55)41(70)66-40(38(68)25-54)46(75)63-33(17-21-53)42(71)60-27-39(69)61-34(14-7-20-52)47(76)67-23-9-16-37(67)45(74)65-36(24-28-26-59-31-12-2-1-10-29(28)31)44(73)62-32(13-4-6-19-51)43(72)64-35(48(77)78)15-8-22-58-49(56)57/h1-2,10,12,15,26,30,32-34,36-38,40,59,68H,3-9,11,13-14,16-25,27,50-55H2,(H,60,71)(H,61,69)(H,62,73)(H,63,75)(H,64,72)(H,65,74)(H,66,70)(H,77,78)(H4,56,57,58)/b35-15-/t30-,32-,33-,34+,36-,37-,38-,40?/m0/s1. The molecule has 29 nitrogen and oxygen atoms in total. The Bertz CT molecular complexity index is 2380. The van der Waals surface area contributed by atoms with Gasteiger partial charge in [-0.3, -0.25) is 43.3 Å². The van der Waals surface area contributed by atoms with Gasteiger partial charge in [0, 0.05) is 43.2 Å². The van der Waals surface area contributed by atoms with E-state index < -0.39 is 120 Å². The Hall–Kier alpha value is -7.28. The molecule has 3 rings (SSSR count). The molecule has 8 amide bonds. The number of nitrogens with two attached hydrogens (primary N) is 8. The molecule has 1 saturated heterocycles. The summed E-state index contributed by atoms with van der Waals surface area (Å²) in [5.41, 5.74) is 46.0. The molecule has 26 N–H and O–H groups in total. The molecular formula is C49H82N18O11. The number of aliphatic carboxylic acids is 1. The summed E-state index contributed by atoms with van der Waals surface area (Å²) in [6.45, 7) is -0.297. The van der Waals surface area contributed by atoms with Crippen molar-refractivity contribution in [2.75, 3.05) is 52.4 Å². The second-order valence-electron chi connectivity index (χ2n) is 18.8. The van der Waals surface area contributed by atoms with Crippen LogP contribution in [0.3, 0.4) is 0 Å². The lowest BCUT2D eigenvalue weighted by Crippen LogP contribution is -2.61. The lowest BCUT2D eigenvalue weighted by Gasteiger charge is -2.30. The fourth-order valence-electron chi connectivity index (χ4n) is 8.53. The highest BCUT2D eigenvalue weighted by Gasteiger charge is 2.40. The first-order chi connectivity index (χ1) is 37.3. The predicted molar refractivity (Wildman–Crippen MR) is 289 cm³/mol. The fourth-order valence-corrected chi connectivity index (χ4v) is 8.53. The van der Waals surface area contributed by atoms with Gasteiger partial charge in [0.15, 0.2) is 5.96 Å². The summed E-state index contributed by atoms with van der Waals surface area (Å²) in [6, 6.07) is -1.71. The number of unbranched alkanes of at least 4 members (excludes halogenated alkanes) is 2. The lowest BCUT2D eigenvalue weighted by atomic mass is 10.0. The van der Waals surface area contributed by atoms with Crippen molar-refractivity contribution in [3.8, 4) is 0 Å². The van der Waals surface area contributed by atoms with Crippen molar-refractivity contribution >= 4 is 70.1 Å². The number of nitrogens with one attached hydrogen (secondary N) is 8. The number of nitrogens with zero attached hydrogens (tertiary/aromatic N) is 2. The second-order valence-corrected chi connectivity index (χ2v) is 18.8. The Balaban J connectivity index is 1.81. The van der Waals surface area contributed by atoms with Crippen LogP contribution in [0.1, 0.15) is 82.6 Å². The highest BCUT2D eigenvalue weighted by molar-refractivity contribution is 5.99. The van der Waals surface area contributed by atoms with Crippen LogP contribution in [0.4, 0.5) is 0 Å². The maximum Gasteiger partial charge on any atom is 0.352 e. The van der Waals surface area contributed by atoms with Gasteiger partial charge in [-0.2, -0.15) is 0 Å².